The molecule has 1 aliphatic heterocycles. The molecule has 5 rings (SSSR count). The van der Waals surface area contributed by atoms with Gasteiger partial charge in [0.15, 0.2) is 5.69 Å². The summed E-state index contributed by atoms with van der Waals surface area (Å²) < 4.78 is 46.0. The summed E-state index contributed by atoms with van der Waals surface area (Å²) in [5.41, 5.74) is -0.771. The molecular formula is C27H25F3N4O3. The third kappa shape index (κ3) is 5.29. The van der Waals surface area contributed by atoms with Crippen molar-refractivity contribution in [3.63, 3.8) is 0 Å². The van der Waals surface area contributed by atoms with Crippen LogP contribution in [0.4, 0.5) is 24.7 Å². The summed E-state index contributed by atoms with van der Waals surface area (Å²) in [4.78, 5) is 22.7. The zero-order valence-electron chi connectivity index (χ0n) is 19.8. The van der Waals surface area contributed by atoms with Gasteiger partial charge in [-0.15, -0.1) is 0 Å². The summed E-state index contributed by atoms with van der Waals surface area (Å²) in [6.45, 7) is 1.15. The minimum atomic E-state index is -4.86. The SMILES string of the molecule is O=C(Nc1ccc(N2CCC(O)(c3ccccc3)CC2)nc1)c1oc(C2=CCCC=C2)nc1C(F)(F)F. The van der Waals surface area contributed by atoms with Crippen LogP contribution in [0, 0.1) is 0 Å². The van der Waals surface area contributed by atoms with Crippen LogP contribution in [-0.4, -0.2) is 34.1 Å². The van der Waals surface area contributed by atoms with Gasteiger partial charge in [-0.05, 0) is 43.4 Å². The quantitative estimate of drug-likeness (QED) is 0.467. The number of pyridine rings is 1. The van der Waals surface area contributed by atoms with Crippen molar-refractivity contribution in [2.24, 2.45) is 0 Å². The highest BCUT2D eigenvalue weighted by Gasteiger charge is 2.41. The van der Waals surface area contributed by atoms with Crippen LogP contribution in [0.5, 0.6) is 0 Å². The first-order valence-corrected chi connectivity index (χ1v) is 12.0. The molecule has 0 radical (unpaired) electrons. The number of alkyl halides is 3. The lowest BCUT2D eigenvalue weighted by molar-refractivity contribution is -0.141. The molecule has 1 amide bonds. The highest BCUT2D eigenvalue weighted by atomic mass is 19.4. The Morgan fingerprint density at radius 2 is 1.84 bits per heavy atom. The standard InChI is InChI=1S/C27H25F3N4O3/c28-27(29,30)23-22(37-25(33-23)18-7-3-1-4-8-18)24(35)32-20-11-12-21(31-17-20)34-15-13-26(36,14-16-34)19-9-5-2-6-10-19/h2-3,5-12,17,36H,1,4,13-16H2,(H,32,35). The van der Waals surface area contributed by atoms with Gasteiger partial charge in [0.1, 0.15) is 5.82 Å². The summed E-state index contributed by atoms with van der Waals surface area (Å²) in [5.74, 6) is -1.57. The topological polar surface area (TPSA) is 91.5 Å². The highest BCUT2D eigenvalue weighted by molar-refractivity contribution is 6.03. The smallest absolute Gasteiger partial charge is 0.430 e. The van der Waals surface area contributed by atoms with Crippen LogP contribution in [0.2, 0.25) is 0 Å². The maximum Gasteiger partial charge on any atom is 0.437 e. The molecular weight excluding hydrogens is 485 g/mol. The van der Waals surface area contributed by atoms with E-state index in [0.717, 1.165) is 12.0 Å². The Balaban J connectivity index is 1.27. The van der Waals surface area contributed by atoms with E-state index in [-0.39, 0.29) is 11.6 Å². The first-order chi connectivity index (χ1) is 17.7. The van der Waals surface area contributed by atoms with Gasteiger partial charge >= 0.3 is 6.18 Å². The molecule has 2 aromatic heterocycles. The van der Waals surface area contributed by atoms with E-state index in [1.807, 2.05) is 41.3 Å². The number of nitrogens with zero attached hydrogens (tertiary/aromatic N) is 3. The molecule has 1 fully saturated rings. The molecule has 1 aromatic carbocycles. The van der Waals surface area contributed by atoms with Crippen LogP contribution in [0.3, 0.4) is 0 Å². The zero-order chi connectivity index (χ0) is 26.0. The fraction of sp³-hybridized carbons (Fsp3) is 0.296. The fourth-order valence-corrected chi connectivity index (χ4v) is 4.54. The van der Waals surface area contributed by atoms with Crippen molar-refractivity contribution in [3.8, 4) is 0 Å². The average molecular weight is 511 g/mol. The van der Waals surface area contributed by atoms with Gasteiger partial charge in [-0.1, -0.05) is 48.6 Å². The van der Waals surface area contributed by atoms with Crippen molar-refractivity contribution in [2.45, 2.75) is 37.5 Å². The van der Waals surface area contributed by atoms with Crippen molar-refractivity contribution < 1.29 is 27.5 Å². The summed E-state index contributed by atoms with van der Waals surface area (Å²) in [6, 6.07) is 12.8. The number of hydrogen-bond donors (Lipinski definition) is 2. The lowest BCUT2D eigenvalue weighted by atomic mass is 9.84. The molecule has 7 nitrogen and oxygen atoms in total. The molecule has 0 spiro atoms. The number of allylic oxidation sites excluding steroid dienone is 4. The van der Waals surface area contributed by atoms with Crippen LogP contribution in [-0.2, 0) is 11.8 Å². The van der Waals surface area contributed by atoms with E-state index < -0.39 is 29.1 Å². The van der Waals surface area contributed by atoms with Crippen LogP contribution >= 0.6 is 0 Å². The van der Waals surface area contributed by atoms with E-state index in [2.05, 4.69) is 15.3 Å². The number of benzene rings is 1. The third-order valence-corrected chi connectivity index (χ3v) is 6.58. The molecule has 3 heterocycles. The first kappa shape index (κ1) is 24.8. The second-order valence-corrected chi connectivity index (χ2v) is 9.08. The minimum Gasteiger partial charge on any atom is -0.430 e. The van der Waals surface area contributed by atoms with E-state index in [0.29, 0.717) is 43.7 Å². The number of piperidine rings is 1. The average Bonchev–Trinajstić information content (AvgIpc) is 3.38. The predicted octanol–water partition coefficient (Wildman–Crippen LogP) is 5.56. The second kappa shape index (κ2) is 9.85. The lowest BCUT2D eigenvalue weighted by Crippen LogP contribution is -2.42. The maximum absolute atomic E-state index is 13.6. The zero-order valence-corrected chi connectivity index (χ0v) is 19.8. The number of amides is 1. The normalized spacial score (nSPS) is 17.4. The molecule has 1 aliphatic carbocycles. The van der Waals surface area contributed by atoms with Crippen LogP contribution in [0.25, 0.3) is 5.57 Å². The number of nitrogens with one attached hydrogen (secondary N) is 1. The van der Waals surface area contributed by atoms with Gasteiger partial charge < -0.3 is 19.7 Å². The Kier molecular flexibility index (Phi) is 6.59. The molecule has 2 aliphatic rings. The van der Waals surface area contributed by atoms with E-state index in [1.165, 1.54) is 6.20 Å². The number of carbonyl (C=O) groups is 1. The molecule has 37 heavy (non-hydrogen) atoms. The van der Waals surface area contributed by atoms with E-state index >= 15 is 0 Å². The molecule has 192 valence electrons. The Labute approximate surface area is 211 Å². The number of hydrogen-bond acceptors (Lipinski definition) is 6. The third-order valence-electron chi connectivity index (χ3n) is 6.58. The van der Waals surface area contributed by atoms with Gasteiger partial charge in [0.25, 0.3) is 5.91 Å². The summed E-state index contributed by atoms with van der Waals surface area (Å²) in [5, 5.41) is 13.4. The fourth-order valence-electron chi connectivity index (χ4n) is 4.54. The number of halogens is 3. The van der Waals surface area contributed by atoms with Crippen molar-refractivity contribution in [3.05, 3.63) is 89.8 Å². The van der Waals surface area contributed by atoms with Gasteiger partial charge in [-0.2, -0.15) is 13.2 Å². The van der Waals surface area contributed by atoms with Gasteiger partial charge in [-0.3, -0.25) is 4.79 Å². The lowest BCUT2D eigenvalue weighted by Gasteiger charge is -2.39. The summed E-state index contributed by atoms with van der Waals surface area (Å²) in [7, 11) is 0. The Bertz CT molecular complexity index is 1320. The Hall–Kier alpha value is -3.92. The Morgan fingerprint density at radius 3 is 2.46 bits per heavy atom. The number of oxazole rings is 1. The monoisotopic (exact) mass is 510 g/mol. The molecule has 10 heteroatoms. The minimum absolute atomic E-state index is 0.217. The van der Waals surface area contributed by atoms with Gasteiger partial charge in [-0.25, -0.2) is 9.97 Å². The largest absolute Gasteiger partial charge is 0.437 e. The number of carbonyl (C=O) groups excluding carboxylic acids is 1. The maximum atomic E-state index is 13.6. The Morgan fingerprint density at radius 1 is 1.08 bits per heavy atom. The van der Waals surface area contributed by atoms with E-state index in [4.69, 9.17) is 4.42 Å². The number of aromatic nitrogens is 2. The van der Waals surface area contributed by atoms with Crippen molar-refractivity contribution in [2.75, 3.05) is 23.3 Å². The van der Waals surface area contributed by atoms with Gasteiger partial charge in [0, 0.05) is 18.7 Å². The number of rotatable bonds is 5. The van der Waals surface area contributed by atoms with Crippen molar-refractivity contribution in [1.82, 2.24) is 9.97 Å². The van der Waals surface area contributed by atoms with Gasteiger partial charge in [0.2, 0.25) is 11.7 Å². The van der Waals surface area contributed by atoms with Crippen LogP contribution < -0.4 is 10.2 Å². The molecule has 0 bridgehead atoms. The van der Waals surface area contributed by atoms with Crippen LogP contribution in [0.15, 0.2) is 71.3 Å². The molecule has 0 atom stereocenters. The van der Waals surface area contributed by atoms with Crippen LogP contribution in [0.1, 0.15) is 53.4 Å². The number of anilines is 2. The first-order valence-electron chi connectivity index (χ1n) is 12.0. The highest BCUT2D eigenvalue weighted by Crippen LogP contribution is 2.36. The van der Waals surface area contributed by atoms with Gasteiger partial charge in [0.05, 0.1) is 17.5 Å². The van der Waals surface area contributed by atoms with Crippen molar-refractivity contribution >= 4 is 23.0 Å². The predicted molar refractivity (Wildman–Crippen MR) is 132 cm³/mol. The number of aliphatic hydroxyl groups is 1. The molecule has 0 saturated carbocycles. The summed E-state index contributed by atoms with van der Waals surface area (Å²) in [6.07, 6.45) is 4.15. The van der Waals surface area contributed by atoms with E-state index in [9.17, 15) is 23.1 Å². The molecule has 0 unspecified atom stereocenters. The molecule has 1 saturated heterocycles. The van der Waals surface area contributed by atoms with E-state index in [1.54, 1.807) is 24.3 Å². The molecule has 3 aromatic rings. The summed E-state index contributed by atoms with van der Waals surface area (Å²) >= 11 is 0. The van der Waals surface area contributed by atoms with Crippen molar-refractivity contribution in [1.29, 1.82) is 0 Å². The molecule has 2 N–H and O–H groups in total. The second-order valence-electron chi connectivity index (χ2n) is 9.08.